The minimum absolute atomic E-state index is 0.888. The second-order valence-electron chi connectivity index (χ2n) is 1.91. The molecular formula is C5H11N3S. The van der Waals surface area contributed by atoms with Gasteiger partial charge in [-0.15, -0.1) is 17.7 Å². The van der Waals surface area contributed by atoms with Crippen molar-refractivity contribution in [3.05, 3.63) is 11.2 Å². The Morgan fingerprint density at radius 1 is 1.78 bits per heavy atom. The van der Waals surface area contributed by atoms with E-state index in [2.05, 4.69) is 25.0 Å². The molecule has 0 aliphatic carbocycles. The van der Waals surface area contributed by atoms with Crippen molar-refractivity contribution in [2.75, 3.05) is 13.6 Å². The van der Waals surface area contributed by atoms with Gasteiger partial charge < -0.3 is 0 Å². The molecule has 0 fully saturated rings. The smallest absolute Gasteiger partial charge is 0.0987 e. The van der Waals surface area contributed by atoms with Crippen LogP contribution >= 0.6 is 12.6 Å². The van der Waals surface area contributed by atoms with Crippen molar-refractivity contribution in [2.24, 2.45) is 0 Å². The van der Waals surface area contributed by atoms with Crippen molar-refractivity contribution in [1.29, 1.82) is 0 Å². The Morgan fingerprint density at radius 3 is 2.67 bits per heavy atom. The van der Waals surface area contributed by atoms with Crippen LogP contribution in [0, 0.1) is 0 Å². The van der Waals surface area contributed by atoms with E-state index in [0.717, 1.165) is 11.6 Å². The largest absolute Gasteiger partial charge is 0.294 e. The van der Waals surface area contributed by atoms with E-state index >= 15 is 0 Å². The zero-order valence-electron chi connectivity index (χ0n) is 5.63. The summed E-state index contributed by atoms with van der Waals surface area (Å²) in [6.07, 6.45) is 1.95. The van der Waals surface area contributed by atoms with Gasteiger partial charge in [-0.1, -0.05) is 0 Å². The number of nitrogens with one attached hydrogen (secondary N) is 1. The van der Waals surface area contributed by atoms with Crippen LogP contribution in [0.1, 0.15) is 6.92 Å². The lowest BCUT2D eigenvalue weighted by Crippen LogP contribution is -2.38. The number of nitrogens with zero attached hydrogens (tertiary/aromatic N) is 2. The fourth-order valence-corrected chi connectivity index (χ4v) is 1.07. The summed E-state index contributed by atoms with van der Waals surface area (Å²) in [5, 5.41) is 4.81. The zero-order chi connectivity index (χ0) is 6.85. The number of thiol groups is 1. The SMILES string of the molecule is CCN1C=C(S)NN1C. The first kappa shape index (κ1) is 6.77. The molecule has 3 nitrogen and oxygen atoms in total. The van der Waals surface area contributed by atoms with Gasteiger partial charge in [0.15, 0.2) is 0 Å². The number of hydrazine groups is 2. The molecule has 1 aliphatic rings. The van der Waals surface area contributed by atoms with E-state index in [1.807, 2.05) is 23.4 Å². The molecular weight excluding hydrogens is 134 g/mol. The molecule has 0 aromatic carbocycles. The van der Waals surface area contributed by atoms with Gasteiger partial charge in [-0.2, -0.15) is 0 Å². The zero-order valence-corrected chi connectivity index (χ0v) is 6.52. The van der Waals surface area contributed by atoms with Gasteiger partial charge in [-0.3, -0.25) is 10.4 Å². The Hall–Kier alpha value is -0.350. The molecule has 0 radical (unpaired) electrons. The van der Waals surface area contributed by atoms with E-state index in [1.54, 1.807) is 0 Å². The van der Waals surface area contributed by atoms with Crippen LogP contribution < -0.4 is 5.43 Å². The highest BCUT2D eigenvalue weighted by Crippen LogP contribution is 2.08. The van der Waals surface area contributed by atoms with Crippen molar-refractivity contribution >= 4 is 12.6 Å². The van der Waals surface area contributed by atoms with Crippen LogP contribution in [0.3, 0.4) is 0 Å². The van der Waals surface area contributed by atoms with Gasteiger partial charge in [0.1, 0.15) is 0 Å². The number of hydrogen-bond donors (Lipinski definition) is 2. The maximum absolute atomic E-state index is 4.13. The summed E-state index contributed by atoms with van der Waals surface area (Å²) in [5.74, 6) is 0. The summed E-state index contributed by atoms with van der Waals surface area (Å²) in [7, 11) is 1.95. The quantitative estimate of drug-likeness (QED) is 0.521. The first-order valence-corrected chi connectivity index (χ1v) is 3.36. The van der Waals surface area contributed by atoms with Crippen molar-refractivity contribution in [3.63, 3.8) is 0 Å². The summed E-state index contributed by atoms with van der Waals surface area (Å²) >= 11 is 4.13. The van der Waals surface area contributed by atoms with Crippen molar-refractivity contribution in [3.8, 4) is 0 Å². The Morgan fingerprint density at radius 2 is 2.44 bits per heavy atom. The van der Waals surface area contributed by atoms with Gasteiger partial charge in [-0.25, -0.2) is 0 Å². The fraction of sp³-hybridized carbons (Fsp3) is 0.600. The Kier molecular flexibility index (Phi) is 1.87. The third kappa shape index (κ3) is 1.31. The van der Waals surface area contributed by atoms with Crippen LogP contribution in [0.15, 0.2) is 11.2 Å². The molecule has 0 spiro atoms. The van der Waals surface area contributed by atoms with Crippen LogP contribution in [-0.4, -0.2) is 23.7 Å². The highest BCUT2D eigenvalue weighted by Gasteiger charge is 2.11. The standard InChI is InChI=1S/C5H11N3S/c1-3-8-4-5(9)6-7(8)2/h4,6,9H,3H2,1-2H3. The van der Waals surface area contributed by atoms with Gasteiger partial charge in [0, 0.05) is 19.8 Å². The molecule has 0 saturated carbocycles. The summed E-state index contributed by atoms with van der Waals surface area (Å²) in [6, 6.07) is 0. The lowest BCUT2D eigenvalue weighted by atomic mass is 10.7. The molecule has 1 rings (SSSR count). The van der Waals surface area contributed by atoms with Crippen LogP contribution in [0.2, 0.25) is 0 Å². The first-order chi connectivity index (χ1) is 4.24. The average Bonchev–Trinajstić information content (AvgIpc) is 2.10. The fourth-order valence-electron chi connectivity index (χ4n) is 0.790. The van der Waals surface area contributed by atoms with E-state index in [-0.39, 0.29) is 0 Å². The molecule has 0 aromatic rings. The highest BCUT2D eigenvalue weighted by molar-refractivity contribution is 7.84. The third-order valence-electron chi connectivity index (χ3n) is 1.26. The summed E-state index contributed by atoms with van der Waals surface area (Å²) in [5.41, 5.74) is 3.00. The molecule has 0 amide bonds. The van der Waals surface area contributed by atoms with Gasteiger partial charge in [0.2, 0.25) is 0 Å². The summed E-state index contributed by atoms with van der Waals surface area (Å²) in [6.45, 7) is 3.05. The molecule has 1 N–H and O–H groups in total. The van der Waals surface area contributed by atoms with Crippen LogP contribution in [0.4, 0.5) is 0 Å². The summed E-state index contributed by atoms with van der Waals surface area (Å²) in [4.78, 5) is 0. The van der Waals surface area contributed by atoms with Crippen LogP contribution in [0.25, 0.3) is 0 Å². The minimum atomic E-state index is 0.888. The van der Waals surface area contributed by atoms with E-state index in [4.69, 9.17) is 0 Å². The molecule has 4 heteroatoms. The lowest BCUT2D eigenvalue weighted by molar-refractivity contribution is 0.0428. The molecule has 0 atom stereocenters. The van der Waals surface area contributed by atoms with E-state index in [9.17, 15) is 0 Å². The molecule has 0 unspecified atom stereocenters. The highest BCUT2D eigenvalue weighted by atomic mass is 32.1. The van der Waals surface area contributed by atoms with Crippen molar-refractivity contribution in [1.82, 2.24) is 15.6 Å². The van der Waals surface area contributed by atoms with Gasteiger partial charge in [0.25, 0.3) is 0 Å². The minimum Gasteiger partial charge on any atom is -0.294 e. The second kappa shape index (κ2) is 2.49. The Bertz CT molecular complexity index is 134. The third-order valence-corrected chi connectivity index (χ3v) is 1.47. The first-order valence-electron chi connectivity index (χ1n) is 2.91. The normalized spacial score (nSPS) is 19.9. The molecule has 52 valence electrons. The molecule has 0 bridgehead atoms. The molecule has 1 aliphatic heterocycles. The van der Waals surface area contributed by atoms with Crippen molar-refractivity contribution in [2.45, 2.75) is 6.92 Å². The molecule has 0 aromatic heterocycles. The van der Waals surface area contributed by atoms with E-state index < -0.39 is 0 Å². The topological polar surface area (TPSA) is 18.5 Å². The molecule has 9 heavy (non-hydrogen) atoms. The Labute approximate surface area is 60.7 Å². The van der Waals surface area contributed by atoms with Gasteiger partial charge in [-0.05, 0) is 6.92 Å². The molecule has 0 saturated heterocycles. The van der Waals surface area contributed by atoms with Crippen LogP contribution in [0.5, 0.6) is 0 Å². The number of rotatable bonds is 1. The van der Waals surface area contributed by atoms with Gasteiger partial charge in [0.05, 0.1) is 5.03 Å². The second-order valence-corrected chi connectivity index (χ2v) is 2.39. The van der Waals surface area contributed by atoms with E-state index in [0.29, 0.717) is 0 Å². The van der Waals surface area contributed by atoms with Crippen LogP contribution in [-0.2, 0) is 0 Å². The predicted molar refractivity (Wildman–Crippen MR) is 40.3 cm³/mol. The number of hydrogen-bond acceptors (Lipinski definition) is 4. The maximum atomic E-state index is 4.13. The average molecular weight is 145 g/mol. The van der Waals surface area contributed by atoms with Crippen molar-refractivity contribution < 1.29 is 0 Å². The van der Waals surface area contributed by atoms with E-state index in [1.165, 1.54) is 0 Å². The Balaban J connectivity index is 2.53. The predicted octanol–water partition coefficient (Wildman–Crippen LogP) is 0.402. The lowest BCUT2D eigenvalue weighted by Gasteiger charge is -2.22. The summed E-state index contributed by atoms with van der Waals surface area (Å²) < 4.78 is 0. The molecule has 1 heterocycles. The monoisotopic (exact) mass is 145 g/mol. The maximum Gasteiger partial charge on any atom is 0.0987 e. The van der Waals surface area contributed by atoms with Gasteiger partial charge >= 0.3 is 0 Å².